The van der Waals surface area contributed by atoms with Gasteiger partial charge in [0.15, 0.2) is 11.5 Å². The van der Waals surface area contributed by atoms with Crippen molar-refractivity contribution < 1.29 is 27.8 Å². The average molecular weight is 314 g/mol. The van der Waals surface area contributed by atoms with E-state index in [4.69, 9.17) is 15.2 Å². The Labute approximate surface area is 125 Å². The number of amides is 1. The number of fused-ring (bicyclic) bond motifs is 1. The molecule has 120 valence electrons. The number of carbonyl (C=O) groups is 1. The van der Waals surface area contributed by atoms with E-state index in [-0.39, 0.29) is 25.0 Å². The fourth-order valence-corrected chi connectivity index (χ4v) is 2.35. The van der Waals surface area contributed by atoms with Crippen LogP contribution in [-0.2, 0) is 11.3 Å². The molecule has 1 amide bonds. The van der Waals surface area contributed by atoms with Crippen LogP contribution in [0.5, 0.6) is 17.2 Å². The minimum absolute atomic E-state index is 0.0214. The van der Waals surface area contributed by atoms with Gasteiger partial charge in [-0.15, -0.1) is 0 Å². The summed E-state index contributed by atoms with van der Waals surface area (Å²) in [5.41, 5.74) is 5.46. The topological polar surface area (TPSA) is 74.0 Å². The Hall–Kier alpha value is -2.09. The molecule has 0 saturated heterocycles. The minimum Gasteiger partial charge on any atom is -0.454 e. The van der Waals surface area contributed by atoms with E-state index in [2.05, 4.69) is 4.74 Å². The van der Waals surface area contributed by atoms with Crippen molar-refractivity contribution in [2.75, 3.05) is 13.8 Å². The molecule has 1 aliphatic heterocycles. The van der Waals surface area contributed by atoms with Crippen LogP contribution in [0.25, 0.3) is 0 Å². The third-order valence-electron chi connectivity index (χ3n) is 3.74. The molecular weight excluding hydrogens is 298 g/mol. The van der Waals surface area contributed by atoms with Gasteiger partial charge in [0.05, 0.1) is 5.54 Å². The molecule has 0 aromatic heterocycles. The first kappa shape index (κ1) is 14.8. The lowest BCUT2D eigenvalue weighted by Gasteiger charge is -2.22. The summed E-state index contributed by atoms with van der Waals surface area (Å²) in [5.74, 6) is 0.520. The van der Waals surface area contributed by atoms with E-state index in [0.717, 1.165) is 0 Å². The fourth-order valence-electron chi connectivity index (χ4n) is 2.35. The number of halogens is 2. The standard InChI is InChI=1S/C14H16F2N2O4/c1-18(12(19)14(17)2-3-14)6-8-4-10-11(21-7-20-10)5-9(8)22-13(15)16/h4-5,13H,2-3,6-7,17H2,1H3. The molecule has 1 aliphatic carbocycles. The van der Waals surface area contributed by atoms with Crippen LogP contribution in [0.15, 0.2) is 12.1 Å². The van der Waals surface area contributed by atoms with Crippen LogP contribution in [0.4, 0.5) is 8.78 Å². The monoisotopic (exact) mass is 314 g/mol. The van der Waals surface area contributed by atoms with E-state index in [9.17, 15) is 13.6 Å². The molecule has 0 bridgehead atoms. The quantitative estimate of drug-likeness (QED) is 0.891. The van der Waals surface area contributed by atoms with Crippen LogP contribution in [0.3, 0.4) is 0 Å². The van der Waals surface area contributed by atoms with Crippen molar-refractivity contribution in [3.05, 3.63) is 17.7 Å². The molecule has 1 saturated carbocycles. The number of rotatable bonds is 5. The maximum absolute atomic E-state index is 12.6. The Morgan fingerprint density at radius 2 is 2.05 bits per heavy atom. The van der Waals surface area contributed by atoms with Crippen molar-refractivity contribution >= 4 is 5.91 Å². The van der Waals surface area contributed by atoms with E-state index in [1.165, 1.54) is 11.0 Å². The molecule has 1 aromatic carbocycles. The Morgan fingerprint density at radius 3 is 2.64 bits per heavy atom. The van der Waals surface area contributed by atoms with Crippen molar-refractivity contribution in [2.45, 2.75) is 31.5 Å². The lowest BCUT2D eigenvalue weighted by atomic mass is 10.1. The minimum atomic E-state index is -2.97. The Morgan fingerprint density at radius 1 is 1.41 bits per heavy atom. The molecule has 8 heteroatoms. The number of nitrogens with two attached hydrogens (primary N) is 1. The highest BCUT2D eigenvalue weighted by molar-refractivity contribution is 5.88. The maximum atomic E-state index is 12.6. The van der Waals surface area contributed by atoms with E-state index in [0.29, 0.717) is 29.9 Å². The zero-order valence-electron chi connectivity index (χ0n) is 12.0. The van der Waals surface area contributed by atoms with Gasteiger partial charge in [-0.3, -0.25) is 4.79 Å². The molecule has 1 heterocycles. The zero-order chi connectivity index (χ0) is 15.9. The molecule has 0 atom stereocenters. The zero-order valence-corrected chi connectivity index (χ0v) is 12.0. The van der Waals surface area contributed by atoms with Gasteiger partial charge in [-0.25, -0.2) is 0 Å². The molecule has 22 heavy (non-hydrogen) atoms. The molecular formula is C14H16F2N2O4. The molecule has 2 N–H and O–H groups in total. The highest BCUT2D eigenvalue weighted by Crippen LogP contribution is 2.40. The molecule has 3 rings (SSSR count). The first-order chi connectivity index (χ1) is 10.4. The average Bonchev–Trinajstić information content (AvgIpc) is 3.04. The number of ether oxygens (including phenoxy) is 3. The summed E-state index contributed by atoms with van der Waals surface area (Å²) in [6, 6.07) is 2.89. The van der Waals surface area contributed by atoms with Crippen LogP contribution < -0.4 is 19.9 Å². The predicted octanol–water partition coefficient (Wildman–Crippen LogP) is 1.47. The van der Waals surface area contributed by atoms with Gasteiger partial charge >= 0.3 is 6.61 Å². The first-order valence-electron chi connectivity index (χ1n) is 6.81. The second-order valence-corrected chi connectivity index (χ2v) is 5.51. The van der Waals surface area contributed by atoms with E-state index in [1.807, 2.05) is 0 Å². The number of benzene rings is 1. The molecule has 0 unspecified atom stereocenters. The van der Waals surface area contributed by atoms with Crippen LogP contribution in [0.2, 0.25) is 0 Å². The molecule has 1 fully saturated rings. The molecule has 6 nitrogen and oxygen atoms in total. The summed E-state index contributed by atoms with van der Waals surface area (Å²) in [6.45, 7) is -2.85. The van der Waals surface area contributed by atoms with Crippen LogP contribution in [0, 0.1) is 0 Å². The van der Waals surface area contributed by atoms with Gasteiger partial charge in [0.2, 0.25) is 12.7 Å². The summed E-state index contributed by atoms with van der Waals surface area (Å²) in [4.78, 5) is 13.6. The largest absolute Gasteiger partial charge is 0.454 e. The smallest absolute Gasteiger partial charge is 0.387 e. The third-order valence-corrected chi connectivity index (χ3v) is 3.74. The number of hydrogen-bond donors (Lipinski definition) is 1. The molecule has 0 spiro atoms. The number of alkyl halides is 2. The molecule has 1 aromatic rings. The SMILES string of the molecule is CN(Cc1cc2c(cc1OC(F)F)OCO2)C(=O)C1(N)CC1. The summed E-state index contributed by atoms with van der Waals surface area (Å²) in [5, 5.41) is 0. The van der Waals surface area contributed by atoms with Crippen molar-refractivity contribution in [1.82, 2.24) is 4.90 Å². The van der Waals surface area contributed by atoms with Crippen LogP contribution in [0.1, 0.15) is 18.4 Å². The second kappa shape index (κ2) is 5.28. The van der Waals surface area contributed by atoms with Crippen LogP contribution in [-0.4, -0.2) is 36.8 Å². The Bertz CT molecular complexity index is 605. The van der Waals surface area contributed by atoms with E-state index in [1.54, 1.807) is 13.1 Å². The third kappa shape index (κ3) is 2.78. The fraction of sp³-hybridized carbons (Fsp3) is 0.500. The van der Waals surface area contributed by atoms with Gasteiger partial charge in [-0.1, -0.05) is 0 Å². The van der Waals surface area contributed by atoms with E-state index < -0.39 is 12.2 Å². The maximum Gasteiger partial charge on any atom is 0.387 e. The van der Waals surface area contributed by atoms with Gasteiger partial charge in [-0.2, -0.15) is 8.78 Å². The Kier molecular flexibility index (Phi) is 3.56. The second-order valence-electron chi connectivity index (χ2n) is 5.51. The van der Waals surface area contributed by atoms with Crippen LogP contribution >= 0.6 is 0 Å². The van der Waals surface area contributed by atoms with Gasteiger partial charge < -0.3 is 24.8 Å². The highest BCUT2D eigenvalue weighted by atomic mass is 19.3. The van der Waals surface area contributed by atoms with Gasteiger partial charge in [0, 0.05) is 25.2 Å². The number of hydrogen-bond acceptors (Lipinski definition) is 5. The van der Waals surface area contributed by atoms with Gasteiger partial charge in [0.25, 0.3) is 0 Å². The summed E-state index contributed by atoms with van der Waals surface area (Å²) < 4.78 is 40.0. The summed E-state index contributed by atoms with van der Waals surface area (Å²) >= 11 is 0. The first-order valence-corrected chi connectivity index (χ1v) is 6.81. The van der Waals surface area contributed by atoms with Crippen molar-refractivity contribution in [1.29, 1.82) is 0 Å². The van der Waals surface area contributed by atoms with Crippen molar-refractivity contribution in [2.24, 2.45) is 5.73 Å². The van der Waals surface area contributed by atoms with Crippen molar-refractivity contribution in [3.8, 4) is 17.2 Å². The lowest BCUT2D eigenvalue weighted by Crippen LogP contribution is -2.43. The molecule has 2 aliphatic rings. The normalized spacial score (nSPS) is 17.5. The number of carbonyl (C=O) groups excluding carboxylic acids is 1. The summed E-state index contributed by atoms with van der Waals surface area (Å²) in [6.07, 6.45) is 1.27. The molecule has 0 radical (unpaired) electrons. The number of likely N-dealkylation sites (N-methyl/N-ethyl adjacent to an activating group) is 1. The number of nitrogens with zero attached hydrogens (tertiary/aromatic N) is 1. The summed E-state index contributed by atoms with van der Waals surface area (Å²) in [7, 11) is 1.58. The lowest BCUT2D eigenvalue weighted by molar-refractivity contribution is -0.132. The van der Waals surface area contributed by atoms with Crippen molar-refractivity contribution in [3.63, 3.8) is 0 Å². The van der Waals surface area contributed by atoms with E-state index >= 15 is 0 Å². The predicted molar refractivity (Wildman–Crippen MR) is 71.8 cm³/mol. The van der Waals surface area contributed by atoms with Gasteiger partial charge in [0.1, 0.15) is 5.75 Å². The van der Waals surface area contributed by atoms with Gasteiger partial charge in [-0.05, 0) is 18.9 Å². The Balaban J connectivity index is 1.83. The highest BCUT2D eigenvalue weighted by Gasteiger charge is 2.47.